The van der Waals surface area contributed by atoms with Gasteiger partial charge < -0.3 is 9.26 Å². The van der Waals surface area contributed by atoms with Crippen LogP contribution < -0.4 is 0 Å². The minimum atomic E-state index is -0.392. The van der Waals surface area contributed by atoms with Crippen LogP contribution in [0, 0.1) is 0 Å². The average molecular weight is 278 g/mol. The molecule has 2 fully saturated rings. The van der Waals surface area contributed by atoms with Gasteiger partial charge in [-0.2, -0.15) is 4.98 Å². The van der Waals surface area contributed by atoms with Crippen LogP contribution in [-0.2, 0) is 15.1 Å². The Morgan fingerprint density at radius 3 is 2.75 bits per heavy atom. The van der Waals surface area contributed by atoms with Gasteiger partial charge in [-0.15, -0.1) is 0 Å². The van der Waals surface area contributed by atoms with Crippen molar-refractivity contribution in [3.05, 3.63) is 11.7 Å². The van der Waals surface area contributed by atoms with E-state index in [0.29, 0.717) is 24.7 Å². The molecule has 2 saturated carbocycles. The maximum atomic E-state index is 11.8. The molecule has 1 aromatic heterocycles. The van der Waals surface area contributed by atoms with E-state index in [9.17, 15) is 4.79 Å². The van der Waals surface area contributed by atoms with Crippen LogP contribution in [0.15, 0.2) is 4.52 Å². The highest BCUT2D eigenvalue weighted by Gasteiger charge is 2.40. The molecule has 1 heterocycles. The van der Waals surface area contributed by atoms with Gasteiger partial charge >= 0.3 is 0 Å². The van der Waals surface area contributed by atoms with Gasteiger partial charge in [-0.25, -0.2) is 0 Å². The standard InChI is InChI=1S/C15H22N2O3/c1-2-19-15(9-4-3-5-10-15)14-16-13(20-17-14)11-7-6-8-12(11)18/h11H,2-10H2,1H3. The number of aromatic nitrogens is 2. The van der Waals surface area contributed by atoms with E-state index in [0.717, 1.165) is 38.5 Å². The van der Waals surface area contributed by atoms with E-state index in [1.54, 1.807) is 0 Å². The molecule has 2 aliphatic rings. The second kappa shape index (κ2) is 5.64. The van der Waals surface area contributed by atoms with Crippen molar-refractivity contribution in [1.29, 1.82) is 0 Å². The summed E-state index contributed by atoms with van der Waals surface area (Å²) in [6.45, 7) is 2.64. The van der Waals surface area contributed by atoms with Crippen LogP contribution >= 0.6 is 0 Å². The monoisotopic (exact) mass is 278 g/mol. The van der Waals surface area contributed by atoms with E-state index in [4.69, 9.17) is 9.26 Å². The number of Topliss-reactive ketones (excluding diaryl/α,β-unsaturated/α-hetero) is 1. The highest BCUT2D eigenvalue weighted by molar-refractivity contribution is 5.86. The Hall–Kier alpha value is -1.23. The average Bonchev–Trinajstić information content (AvgIpc) is 3.08. The highest BCUT2D eigenvalue weighted by Crippen LogP contribution is 2.40. The maximum absolute atomic E-state index is 11.8. The van der Waals surface area contributed by atoms with Crippen LogP contribution in [0.1, 0.15) is 75.9 Å². The van der Waals surface area contributed by atoms with E-state index in [1.807, 2.05) is 6.92 Å². The summed E-state index contributed by atoms with van der Waals surface area (Å²) in [6.07, 6.45) is 7.79. The van der Waals surface area contributed by atoms with Crippen molar-refractivity contribution in [2.24, 2.45) is 0 Å². The van der Waals surface area contributed by atoms with Crippen LogP contribution in [0.3, 0.4) is 0 Å². The normalized spacial score (nSPS) is 26.1. The molecule has 0 amide bonds. The number of ether oxygens (including phenoxy) is 1. The largest absolute Gasteiger partial charge is 0.367 e. The number of rotatable bonds is 4. The lowest BCUT2D eigenvalue weighted by Gasteiger charge is -2.33. The summed E-state index contributed by atoms with van der Waals surface area (Å²) in [4.78, 5) is 16.3. The molecule has 1 aromatic rings. The number of ketones is 1. The minimum absolute atomic E-state index is 0.182. The number of hydrogen-bond acceptors (Lipinski definition) is 5. The lowest BCUT2D eigenvalue weighted by atomic mass is 9.84. The Bertz CT molecular complexity index is 472. The van der Waals surface area contributed by atoms with Crippen molar-refractivity contribution in [3.63, 3.8) is 0 Å². The van der Waals surface area contributed by atoms with Crippen molar-refractivity contribution in [2.45, 2.75) is 69.8 Å². The second-order valence-electron chi connectivity index (χ2n) is 5.86. The summed E-state index contributed by atoms with van der Waals surface area (Å²) >= 11 is 0. The summed E-state index contributed by atoms with van der Waals surface area (Å²) in [7, 11) is 0. The number of carbonyl (C=O) groups is 1. The van der Waals surface area contributed by atoms with Gasteiger partial charge in [0.05, 0.1) is 5.92 Å². The van der Waals surface area contributed by atoms with E-state index >= 15 is 0 Å². The van der Waals surface area contributed by atoms with Crippen LogP contribution in [-0.4, -0.2) is 22.5 Å². The summed E-state index contributed by atoms with van der Waals surface area (Å²) in [5, 5.41) is 4.15. The molecule has 0 aromatic carbocycles. The van der Waals surface area contributed by atoms with E-state index < -0.39 is 5.60 Å². The number of hydrogen-bond donors (Lipinski definition) is 0. The molecule has 0 spiro atoms. The van der Waals surface area contributed by atoms with Gasteiger partial charge in [0.15, 0.2) is 0 Å². The first-order chi connectivity index (χ1) is 9.75. The van der Waals surface area contributed by atoms with Crippen molar-refractivity contribution in [2.75, 3.05) is 6.61 Å². The summed E-state index contributed by atoms with van der Waals surface area (Å²) < 4.78 is 11.4. The predicted molar refractivity (Wildman–Crippen MR) is 72.3 cm³/mol. The molecule has 1 unspecified atom stereocenters. The molecule has 0 aliphatic heterocycles. The first kappa shape index (κ1) is 13.7. The lowest BCUT2D eigenvalue weighted by Crippen LogP contribution is -2.33. The van der Waals surface area contributed by atoms with Gasteiger partial charge in [0.2, 0.25) is 11.7 Å². The smallest absolute Gasteiger partial charge is 0.237 e. The molecule has 5 heteroatoms. The quantitative estimate of drug-likeness (QED) is 0.846. The Labute approximate surface area is 119 Å². The maximum Gasteiger partial charge on any atom is 0.237 e. The first-order valence-electron chi connectivity index (χ1n) is 7.76. The highest BCUT2D eigenvalue weighted by atomic mass is 16.5. The van der Waals surface area contributed by atoms with Crippen LogP contribution in [0.2, 0.25) is 0 Å². The van der Waals surface area contributed by atoms with Gasteiger partial charge in [0, 0.05) is 13.0 Å². The van der Waals surface area contributed by atoms with E-state index in [2.05, 4.69) is 10.1 Å². The molecule has 3 rings (SSSR count). The van der Waals surface area contributed by atoms with Crippen LogP contribution in [0.25, 0.3) is 0 Å². The van der Waals surface area contributed by atoms with E-state index in [1.165, 1.54) is 6.42 Å². The molecule has 0 radical (unpaired) electrons. The zero-order valence-electron chi connectivity index (χ0n) is 12.1. The Morgan fingerprint density at radius 1 is 1.30 bits per heavy atom. The summed E-state index contributed by atoms with van der Waals surface area (Å²) in [6, 6.07) is 0. The van der Waals surface area contributed by atoms with Crippen molar-refractivity contribution in [3.8, 4) is 0 Å². The molecule has 5 nitrogen and oxygen atoms in total. The summed E-state index contributed by atoms with van der Waals surface area (Å²) in [5.74, 6) is 1.19. The molecular formula is C15H22N2O3. The van der Waals surface area contributed by atoms with Crippen molar-refractivity contribution in [1.82, 2.24) is 10.1 Å². The Balaban J connectivity index is 1.85. The van der Waals surface area contributed by atoms with Crippen LogP contribution in [0.5, 0.6) is 0 Å². The third kappa shape index (κ3) is 2.39. The molecule has 1 atom stereocenters. The van der Waals surface area contributed by atoms with Crippen molar-refractivity contribution < 1.29 is 14.1 Å². The van der Waals surface area contributed by atoms with Crippen LogP contribution in [0.4, 0.5) is 0 Å². The fraction of sp³-hybridized carbons (Fsp3) is 0.800. The van der Waals surface area contributed by atoms with E-state index in [-0.39, 0.29) is 11.7 Å². The van der Waals surface area contributed by atoms with Gasteiger partial charge in [-0.05, 0) is 32.6 Å². The van der Waals surface area contributed by atoms with Gasteiger partial charge in [-0.1, -0.05) is 24.4 Å². The first-order valence-corrected chi connectivity index (χ1v) is 7.76. The lowest BCUT2D eigenvalue weighted by molar-refractivity contribution is -0.119. The minimum Gasteiger partial charge on any atom is -0.367 e. The molecule has 0 saturated heterocycles. The number of nitrogens with zero attached hydrogens (tertiary/aromatic N) is 2. The fourth-order valence-electron chi connectivity index (χ4n) is 3.47. The topological polar surface area (TPSA) is 65.2 Å². The Morgan fingerprint density at radius 2 is 2.10 bits per heavy atom. The molecule has 20 heavy (non-hydrogen) atoms. The predicted octanol–water partition coefficient (Wildman–Crippen LogP) is 3.10. The molecular weight excluding hydrogens is 256 g/mol. The molecule has 2 aliphatic carbocycles. The fourth-order valence-corrected chi connectivity index (χ4v) is 3.47. The Kier molecular flexibility index (Phi) is 3.87. The zero-order chi connectivity index (χ0) is 14.0. The molecule has 110 valence electrons. The SMILES string of the molecule is CCOC1(c2noc(C3CCCC3=O)n2)CCCCC1. The molecule has 0 bridgehead atoms. The zero-order valence-corrected chi connectivity index (χ0v) is 12.1. The van der Waals surface area contributed by atoms with Gasteiger partial charge in [0.1, 0.15) is 11.4 Å². The molecule has 0 N–H and O–H groups in total. The van der Waals surface area contributed by atoms with Crippen molar-refractivity contribution >= 4 is 5.78 Å². The third-order valence-corrected chi connectivity index (χ3v) is 4.53. The summed E-state index contributed by atoms with van der Waals surface area (Å²) in [5.41, 5.74) is -0.392. The third-order valence-electron chi connectivity index (χ3n) is 4.53. The van der Waals surface area contributed by atoms with Gasteiger partial charge in [0.25, 0.3) is 0 Å². The van der Waals surface area contributed by atoms with Gasteiger partial charge in [-0.3, -0.25) is 4.79 Å². The second-order valence-corrected chi connectivity index (χ2v) is 5.86. The number of carbonyl (C=O) groups excluding carboxylic acids is 1.